The molecule has 1 aromatic heterocycles. The van der Waals surface area contributed by atoms with Crippen molar-refractivity contribution >= 4 is 11.8 Å². The summed E-state index contributed by atoms with van der Waals surface area (Å²) in [6.45, 7) is 7.94. The summed E-state index contributed by atoms with van der Waals surface area (Å²) in [5.41, 5.74) is 2.50. The van der Waals surface area contributed by atoms with Crippen LogP contribution >= 0.6 is 0 Å². The van der Waals surface area contributed by atoms with Gasteiger partial charge in [-0.05, 0) is 40.5 Å². The molecule has 2 heterocycles. The molecule has 1 aromatic rings. The summed E-state index contributed by atoms with van der Waals surface area (Å²) in [5.74, 6) is -0.109. The van der Waals surface area contributed by atoms with E-state index in [0.29, 0.717) is 35.4 Å². The van der Waals surface area contributed by atoms with Gasteiger partial charge in [0.1, 0.15) is 0 Å². The fourth-order valence-corrected chi connectivity index (χ4v) is 2.97. The molecule has 2 amide bonds. The number of hydrogen-bond acceptors (Lipinski definition) is 4. The Morgan fingerprint density at radius 1 is 0.708 bits per heavy atom. The molecule has 0 saturated heterocycles. The molecule has 0 spiro atoms. The van der Waals surface area contributed by atoms with E-state index in [0.717, 1.165) is 25.7 Å². The minimum Gasteiger partial charge on any atom is -0.494 e. The molecule has 6 nitrogen and oxygen atoms in total. The number of imide groups is 1. The molecule has 0 bridgehead atoms. The van der Waals surface area contributed by atoms with Gasteiger partial charge in [-0.25, -0.2) is 0 Å². The molecule has 1 aliphatic rings. The summed E-state index contributed by atoms with van der Waals surface area (Å²) in [6.07, 6.45) is 3.36. The van der Waals surface area contributed by atoms with Crippen LogP contribution in [-0.4, -0.2) is 38.0 Å². The maximum Gasteiger partial charge on any atom is 0.256 e. The van der Waals surface area contributed by atoms with Crippen LogP contribution in [0.2, 0.25) is 0 Å². The van der Waals surface area contributed by atoms with Gasteiger partial charge in [0.2, 0.25) is 0 Å². The number of rotatable bonds is 7. The first kappa shape index (κ1) is 18.1. The maximum absolute atomic E-state index is 11.9. The maximum atomic E-state index is 11.9. The molecule has 0 aliphatic carbocycles. The predicted molar refractivity (Wildman–Crippen MR) is 90.8 cm³/mol. The van der Waals surface area contributed by atoms with Gasteiger partial charge in [-0.15, -0.1) is 0 Å². The van der Waals surface area contributed by atoms with E-state index in [9.17, 15) is 19.8 Å². The fraction of sp³-hybridized carbons (Fsp3) is 0.556. The monoisotopic (exact) mass is 334 g/mol. The second-order valence-electron chi connectivity index (χ2n) is 6.48. The highest BCUT2D eigenvalue weighted by Crippen LogP contribution is 2.32. The molecular weight excluding hydrogens is 308 g/mol. The topological polar surface area (TPSA) is 82.8 Å². The lowest BCUT2D eigenvalue weighted by atomic mass is 10.2. The van der Waals surface area contributed by atoms with Crippen molar-refractivity contribution in [1.82, 2.24) is 9.47 Å². The Labute approximate surface area is 142 Å². The zero-order valence-electron chi connectivity index (χ0n) is 14.8. The molecule has 0 fully saturated rings. The Kier molecular flexibility index (Phi) is 5.36. The van der Waals surface area contributed by atoms with E-state index in [1.165, 1.54) is 9.47 Å². The average molecular weight is 334 g/mol. The molecule has 1 aliphatic heterocycles. The van der Waals surface area contributed by atoms with E-state index in [-0.39, 0.29) is 23.6 Å². The fourth-order valence-electron chi connectivity index (χ4n) is 2.97. The van der Waals surface area contributed by atoms with Crippen LogP contribution < -0.4 is 0 Å². The highest BCUT2D eigenvalue weighted by Gasteiger charge is 2.32. The molecule has 2 rings (SSSR count). The normalized spacial score (nSPS) is 15.1. The van der Waals surface area contributed by atoms with Gasteiger partial charge >= 0.3 is 0 Å². The second kappa shape index (κ2) is 7.11. The Morgan fingerprint density at radius 2 is 1.12 bits per heavy atom. The van der Waals surface area contributed by atoms with Crippen molar-refractivity contribution in [2.24, 2.45) is 0 Å². The van der Waals surface area contributed by atoms with Gasteiger partial charge in [0.05, 0.1) is 0 Å². The standard InChI is InChI=1S/C18H26N2O4/c1-11-12(2)16(22)19(15(11)21)9-7-5-6-8-10-20-17(23)13(3)14(4)18(20)24/h21-22H,5-10H2,1-4H3. The van der Waals surface area contributed by atoms with Crippen LogP contribution in [0.15, 0.2) is 11.1 Å². The van der Waals surface area contributed by atoms with Crippen LogP contribution in [0, 0.1) is 13.8 Å². The van der Waals surface area contributed by atoms with E-state index < -0.39 is 0 Å². The van der Waals surface area contributed by atoms with Gasteiger partial charge in [0.15, 0.2) is 11.8 Å². The number of unbranched alkanes of at least 4 members (excludes halogenated alkanes) is 3. The van der Waals surface area contributed by atoms with Crippen molar-refractivity contribution in [2.75, 3.05) is 6.54 Å². The minimum atomic E-state index is -0.175. The quantitative estimate of drug-likeness (QED) is 0.593. The first-order valence-corrected chi connectivity index (χ1v) is 8.38. The minimum absolute atomic E-state index is 0.121. The number of hydrogen-bond donors (Lipinski definition) is 2. The van der Waals surface area contributed by atoms with Crippen molar-refractivity contribution < 1.29 is 19.8 Å². The molecule has 132 valence electrons. The average Bonchev–Trinajstić information content (AvgIpc) is 2.86. The molecule has 2 N–H and O–H groups in total. The zero-order valence-corrected chi connectivity index (χ0v) is 14.8. The summed E-state index contributed by atoms with van der Waals surface area (Å²) in [5, 5.41) is 19.9. The van der Waals surface area contributed by atoms with Crippen molar-refractivity contribution in [1.29, 1.82) is 0 Å². The lowest BCUT2D eigenvalue weighted by Crippen LogP contribution is -2.32. The third kappa shape index (κ3) is 3.18. The number of aromatic nitrogens is 1. The second-order valence-corrected chi connectivity index (χ2v) is 6.48. The van der Waals surface area contributed by atoms with Crippen molar-refractivity contribution in [3.8, 4) is 11.8 Å². The van der Waals surface area contributed by atoms with Crippen molar-refractivity contribution in [3.05, 3.63) is 22.3 Å². The highest BCUT2D eigenvalue weighted by atomic mass is 16.3. The van der Waals surface area contributed by atoms with Gasteiger partial charge in [-0.2, -0.15) is 0 Å². The summed E-state index contributed by atoms with van der Waals surface area (Å²) in [6, 6.07) is 0. The Hall–Kier alpha value is -2.24. The van der Waals surface area contributed by atoms with Gasteiger partial charge in [-0.3, -0.25) is 19.1 Å². The van der Waals surface area contributed by atoms with E-state index in [4.69, 9.17) is 0 Å². The van der Waals surface area contributed by atoms with Crippen LogP contribution in [-0.2, 0) is 16.1 Å². The highest BCUT2D eigenvalue weighted by molar-refractivity contribution is 6.18. The SMILES string of the molecule is CC1=C(C)C(=O)N(CCCCCCn2c(O)c(C)c(C)c2O)C1=O. The number of carbonyl (C=O) groups is 2. The number of carbonyl (C=O) groups excluding carboxylic acids is 2. The van der Waals surface area contributed by atoms with E-state index in [1.54, 1.807) is 27.7 Å². The third-order valence-corrected chi connectivity index (χ3v) is 4.95. The number of aromatic hydroxyl groups is 2. The molecule has 0 aromatic carbocycles. The van der Waals surface area contributed by atoms with Crippen LogP contribution in [0.1, 0.15) is 50.7 Å². The first-order valence-electron chi connectivity index (χ1n) is 8.38. The largest absolute Gasteiger partial charge is 0.494 e. The molecule has 0 unspecified atom stereocenters. The Bertz CT molecular complexity index is 651. The van der Waals surface area contributed by atoms with Crippen LogP contribution in [0.3, 0.4) is 0 Å². The molecule has 0 radical (unpaired) electrons. The zero-order chi connectivity index (χ0) is 18.0. The van der Waals surface area contributed by atoms with E-state index in [1.807, 2.05) is 0 Å². The van der Waals surface area contributed by atoms with Crippen LogP contribution in [0.4, 0.5) is 0 Å². The Balaban J connectivity index is 1.73. The lowest BCUT2D eigenvalue weighted by Gasteiger charge is -2.14. The van der Waals surface area contributed by atoms with Crippen molar-refractivity contribution in [2.45, 2.75) is 59.9 Å². The number of nitrogens with zero attached hydrogens (tertiary/aromatic N) is 2. The summed E-state index contributed by atoms with van der Waals surface area (Å²) in [4.78, 5) is 25.2. The Morgan fingerprint density at radius 3 is 1.58 bits per heavy atom. The smallest absolute Gasteiger partial charge is 0.256 e. The van der Waals surface area contributed by atoms with Crippen LogP contribution in [0.5, 0.6) is 11.8 Å². The first-order chi connectivity index (χ1) is 11.3. The van der Waals surface area contributed by atoms with Gasteiger partial charge < -0.3 is 10.2 Å². The predicted octanol–water partition coefficient (Wildman–Crippen LogP) is 2.78. The van der Waals surface area contributed by atoms with E-state index >= 15 is 0 Å². The molecule has 0 saturated carbocycles. The van der Waals surface area contributed by atoms with E-state index in [2.05, 4.69) is 0 Å². The van der Waals surface area contributed by atoms with Gasteiger partial charge in [0, 0.05) is 35.4 Å². The van der Waals surface area contributed by atoms with Gasteiger partial charge in [-0.1, -0.05) is 12.8 Å². The molecular formula is C18H26N2O4. The molecule has 24 heavy (non-hydrogen) atoms. The number of amides is 2. The summed E-state index contributed by atoms with van der Waals surface area (Å²) < 4.78 is 1.52. The van der Waals surface area contributed by atoms with Gasteiger partial charge in [0.25, 0.3) is 11.8 Å². The van der Waals surface area contributed by atoms with Crippen molar-refractivity contribution in [3.63, 3.8) is 0 Å². The summed E-state index contributed by atoms with van der Waals surface area (Å²) in [7, 11) is 0. The summed E-state index contributed by atoms with van der Waals surface area (Å²) >= 11 is 0. The van der Waals surface area contributed by atoms with Crippen LogP contribution in [0.25, 0.3) is 0 Å². The molecule has 6 heteroatoms. The lowest BCUT2D eigenvalue weighted by molar-refractivity contribution is -0.137. The molecule has 0 atom stereocenters. The third-order valence-electron chi connectivity index (χ3n) is 4.95.